The minimum atomic E-state index is -0.593. The topological polar surface area (TPSA) is 61.2 Å². The van der Waals surface area contributed by atoms with Crippen LogP contribution in [0.5, 0.6) is 0 Å². The van der Waals surface area contributed by atoms with Crippen LogP contribution in [0.4, 0.5) is 0 Å². The third-order valence-corrected chi connectivity index (χ3v) is 7.49. The van der Waals surface area contributed by atoms with Crippen molar-refractivity contribution in [2.45, 2.75) is 90.7 Å². The molecule has 0 spiro atoms. The quantitative estimate of drug-likeness (QED) is 0.695. The summed E-state index contributed by atoms with van der Waals surface area (Å²) in [7, 11) is 0. The predicted octanol–water partition coefficient (Wildman–Crippen LogP) is 4.72. The molecule has 2 atom stereocenters. The number of carbonyl (C=O) groups is 1. The number of thiophene rings is 1. The normalized spacial score (nSPS) is 21.5. The molecule has 1 saturated carbocycles. The molecule has 2 aliphatic rings. The van der Waals surface area contributed by atoms with E-state index in [0.717, 1.165) is 55.2 Å². The molecule has 0 aromatic carbocycles. The molecule has 0 N–H and O–H groups in total. The van der Waals surface area contributed by atoms with Gasteiger partial charge in [0, 0.05) is 4.88 Å². The highest BCUT2D eigenvalue weighted by atomic mass is 32.1. The molecule has 152 valence electrons. The Morgan fingerprint density at radius 3 is 2.75 bits per heavy atom. The molecule has 2 aromatic heterocycles. The van der Waals surface area contributed by atoms with E-state index in [4.69, 9.17) is 9.72 Å². The Bertz CT molecular complexity index is 939. The van der Waals surface area contributed by atoms with Crippen LogP contribution in [0.2, 0.25) is 0 Å². The standard InChI is InChI=1S/C22H30N2O3S/c1-4-17(22(26)27-15-8-6-5-7-9-15)24-14(3)23-20-19(21(24)25)16-11-10-13(2)12-18(16)28-20/h13,15,17H,4-12H2,1-3H3. The lowest BCUT2D eigenvalue weighted by atomic mass is 9.89. The highest BCUT2D eigenvalue weighted by molar-refractivity contribution is 7.18. The summed E-state index contributed by atoms with van der Waals surface area (Å²) in [6, 6.07) is -0.593. The van der Waals surface area contributed by atoms with E-state index in [1.54, 1.807) is 15.9 Å². The monoisotopic (exact) mass is 402 g/mol. The lowest BCUT2D eigenvalue weighted by Gasteiger charge is -2.25. The molecule has 5 nitrogen and oxygen atoms in total. The van der Waals surface area contributed by atoms with E-state index in [2.05, 4.69) is 6.92 Å². The van der Waals surface area contributed by atoms with Crippen molar-refractivity contribution in [3.8, 4) is 0 Å². The maximum absolute atomic E-state index is 13.5. The number of fused-ring (bicyclic) bond motifs is 3. The summed E-state index contributed by atoms with van der Waals surface area (Å²) >= 11 is 1.66. The number of hydrogen-bond acceptors (Lipinski definition) is 5. The Kier molecular flexibility index (Phi) is 5.59. The van der Waals surface area contributed by atoms with Gasteiger partial charge in [0.15, 0.2) is 0 Å². The van der Waals surface area contributed by atoms with Gasteiger partial charge < -0.3 is 4.74 Å². The molecule has 28 heavy (non-hydrogen) atoms. The first-order valence-corrected chi connectivity index (χ1v) is 11.5. The Morgan fingerprint density at radius 1 is 1.29 bits per heavy atom. The van der Waals surface area contributed by atoms with Crippen molar-refractivity contribution in [2.75, 3.05) is 0 Å². The van der Waals surface area contributed by atoms with Crippen molar-refractivity contribution in [3.05, 3.63) is 26.6 Å². The largest absolute Gasteiger partial charge is 0.461 e. The summed E-state index contributed by atoms with van der Waals surface area (Å²) in [5.41, 5.74) is 1.10. The molecule has 0 aliphatic heterocycles. The number of esters is 1. The third kappa shape index (κ3) is 3.51. The first-order valence-electron chi connectivity index (χ1n) is 10.7. The van der Waals surface area contributed by atoms with Gasteiger partial charge in [-0.1, -0.05) is 20.3 Å². The van der Waals surface area contributed by atoms with Crippen molar-refractivity contribution in [3.63, 3.8) is 0 Å². The summed E-state index contributed by atoms with van der Waals surface area (Å²) in [6.07, 6.45) is 8.89. The maximum atomic E-state index is 13.5. The van der Waals surface area contributed by atoms with Gasteiger partial charge >= 0.3 is 5.97 Å². The fraction of sp³-hybridized carbons (Fsp3) is 0.682. The zero-order valence-corrected chi connectivity index (χ0v) is 17.9. The van der Waals surface area contributed by atoms with Crippen molar-refractivity contribution in [2.24, 2.45) is 5.92 Å². The summed E-state index contributed by atoms with van der Waals surface area (Å²) in [5.74, 6) is 0.979. The predicted molar refractivity (Wildman–Crippen MR) is 112 cm³/mol. The van der Waals surface area contributed by atoms with Crippen LogP contribution in [0.1, 0.15) is 81.1 Å². The van der Waals surface area contributed by atoms with Gasteiger partial charge in [-0.15, -0.1) is 11.3 Å². The lowest BCUT2D eigenvalue weighted by molar-refractivity contribution is -0.155. The van der Waals surface area contributed by atoms with Gasteiger partial charge in [-0.3, -0.25) is 9.36 Å². The minimum absolute atomic E-state index is 0.00149. The van der Waals surface area contributed by atoms with E-state index in [9.17, 15) is 9.59 Å². The molecule has 0 saturated heterocycles. The van der Waals surface area contributed by atoms with Crippen molar-refractivity contribution < 1.29 is 9.53 Å². The second-order valence-electron chi connectivity index (χ2n) is 8.49. The summed E-state index contributed by atoms with van der Waals surface area (Å²) in [5, 5.41) is 0.737. The number of ether oxygens (including phenoxy) is 1. The van der Waals surface area contributed by atoms with Gasteiger partial charge in [0.25, 0.3) is 5.56 Å². The molecule has 6 heteroatoms. The average Bonchev–Trinajstić information content (AvgIpc) is 3.02. The van der Waals surface area contributed by atoms with Crippen LogP contribution in [0.3, 0.4) is 0 Å². The molecule has 0 bridgehead atoms. The molecule has 1 fully saturated rings. The molecule has 0 amide bonds. The number of aryl methyl sites for hydroxylation is 2. The molecule has 0 radical (unpaired) electrons. The molecular formula is C22H30N2O3S. The first kappa shape index (κ1) is 19.6. The van der Waals surface area contributed by atoms with Gasteiger partial charge in [0.05, 0.1) is 5.39 Å². The highest BCUT2D eigenvalue weighted by Gasteiger charge is 2.30. The number of hydrogen-bond donors (Lipinski definition) is 0. The SMILES string of the molecule is CCC(C(=O)OC1CCCCC1)n1c(C)nc2sc3c(c2c1=O)CCC(C)C3. The van der Waals surface area contributed by atoms with Crippen LogP contribution >= 0.6 is 11.3 Å². The van der Waals surface area contributed by atoms with E-state index in [-0.39, 0.29) is 17.6 Å². The Hall–Kier alpha value is -1.69. The molecule has 2 heterocycles. The number of rotatable bonds is 4. The number of aromatic nitrogens is 2. The van der Waals surface area contributed by atoms with Gasteiger partial charge in [-0.2, -0.15) is 0 Å². The van der Waals surface area contributed by atoms with E-state index >= 15 is 0 Å². The lowest BCUT2D eigenvalue weighted by Crippen LogP contribution is -2.35. The number of nitrogens with zero attached hydrogens (tertiary/aromatic N) is 2. The Morgan fingerprint density at radius 2 is 2.04 bits per heavy atom. The molecule has 2 unspecified atom stereocenters. The Balaban J connectivity index is 1.72. The van der Waals surface area contributed by atoms with Gasteiger partial charge in [0.2, 0.25) is 0 Å². The summed E-state index contributed by atoms with van der Waals surface area (Å²) < 4.78 is 7.40. The van der Waals surface area contributed by atoms with Crippen LogP contribution in [0, 0.1) is 12.8 Å². The van der Waals surface area contributed by atoms with Crippen molar-refractivity contribution in [1.82, 2.24) is 9.55 Å². The molecular weight excluding hydrogens is 372 g/mol. The summed E-state index contributed by atoms with van der Waals surface area (Å²) in [6.45, 7) is 6.03. The maximum Gasteiger partial charge on any atom is 0.329 e. The second-order valence-corrected chi connectivity index (χ2v) is 9.57. The zero-order valence-electron chi connectivity index (χ0n) is 17.1. The van der Waals surface area contributed by atoms with Crippen LogP contribution < -0.4 is 5.56 Å². The van der Waals surface area contributed by atoms with Gasteiger partial charge in [0.1, 0.15) is 22.8 Å². The van der Waals surface area contributed by atoms with E-state index in [1.807, 2.05) is 13.8 Å². The fourth-order valence-corrected chi connectivity index (χ4v) is 6.17. The average molecular weight is 403 g/mol. The zero-order chi connectivity index (χ0) is 19.8. The first-order chi connectivity index (χ1) is 13.5. The third-order valence-electron chi connectivity index (χ3n) is 6.34. The minimum Gasteiger partial charge on any atom is -0.461 e. The van der Waals surface area contributed by atoms with Gasteiger partial charge in [-0.25, -0.2) is 9.78 Å². The smallest absolute Gasteiger partial charge is 0.329 e. The molecule has 4 rings (SSSR count). The van der Waals surface area contributed by atoms with E-state index in [1.165, 1.54) is 16.9 Å². The highest BCUT2D eigenvalue weighted by Crippen LogP contribution is 2.36. The number of carbonyl (C=O) groups excluding carboxylic acids is 1. The van der Waals surface area contributed by atoms with Crippen LogP contribution in [-0.4, -0.2) is 21.6 Å². The van der Waals surface area contributed by atoms with Crippen LogP contribution in [0.15, 0.2) is 4.79 Å². The Labute approximate surface area is 170 Å². The van der Waals surface area contributed by atoms with Gasteiger partial charge in [-0.05, 0) is 69.8 Å². The van der Waals surface area contributed by atoms with Crippen molar-refractivity contribution in [1.29, 1.82) is 0 Å². The second kappa shape index (κ2) is 7.97. The fourth-order valence-electron chi connectivity index (χ4n) is 4.75. The molecule has 2 aromatic rings. The van der Waals surface area contributed by atoms with Crippen molar-refractivity contribution >= 4 is 27.5 Å². The van der Waals surface area contributed by atoms with E-state index in [0.29, 0.717) is 18.2 Å². The van der Waals surface area contributed by atoms with E-state index < -0.39 is 6.04 Å². The van der Waals surface area contributed by atoms with Crippen LogP contribution in [0.25, 0.3) is 10.2 Å². The molecule has 2 aliphatic carbocycles. The summed E-state index contributed by atoms with van der Waals surface area (Å²) in [4.78, 5) is 33.3. The van der Waals surface area contributed by atoms with Crippen LogP contribution in [-0.2, 0) is 22.4 Å².